The first-order valence-electron chi connectivity index (χ1n) is 4.49. The molecule has 0 rings (SSSR count). The summed E-state index contributed by atoms with van der Waals surface area (Å²) < 4.78 is 40.8. The highest BCUT2D eigenvalue weighted by Crippen LogP contribution is 2.16. The maximum absolute atomic E-state index is 12.1. The molecule has 0 aliphatic rings. The van der Waals surface area contributed by atoms with Crippen molar-refractivity contribution in [2.24, 2.45) is 5.73 Å². The number of nitrogens with two attached hydrogens (primary N) is 1. The van der Waals surface area contributed by atoms with Gasteiger partial charge in [-0.05, 0) is 0 Å². The van der Waals surface area contributed by atoms with Crippen LogP contribution in [0.5, 0.6) is 0 Å². The van der Waals surface area contributed by atoms with Gasteiger partial charge in [0.1, 0.15) is 19.1 Å². The van der Waals surface area contributed by atoms with Gasteiger partial charge in [0.15, 0.2) is 0 Å². The van der Waals surface area contributed by atoms with Crippen LogP contribution < -0.4 is 5.73 Å². The number of carboxylic acids is 1. The van der Waals surface area contributed by atoms with Crippen molar-refractivity contribution in [1.82, 2.24) is 4.90 Å². The van der Waals surface area contributed by atoms with E-state index in [4.69, 9.17) is 10.8 Å². The van der Waals surface area contributed by atoms with Crippen molar-refractivity contribution < 1.29 is 32.6 Å². The van der Waals surface area contributed by atoms with Gasteiger partial charge in [0.05, 0.1) is 6.61 Å². The van der Waals surface area contributed by atoms with E-state index in [0.717, 1.165) is 0 Å². The molecule has 0 radical (unpaired) electrons. The van der Waals surface area contributed by atoms with Crippen LogP contribution >= 0.6 is 0 Å². The minimum absolute atomic E-state index is 0.131. The average Bonchev–Trinajstić information content (AvgIpc) is 2.13. The van der Waals surface area contributed by atoms with Gasteiger partial charge < -0.3 is 20.5 Å². The Morgan fingerprint density at radius 2 is 2.00 bits per heavy atom. The number of hydrogen-bond acceptors (Lipinski definition) is 4. The van der Waals surface area contributed by atoms with Gasteiger partial charge in [-0.1, -0.05) is 0 Å². The number of carbonyl (C=O) groups is 2. The molecule has 17 heavy (non-hydrogen) atoms. The van der Waals surface area contributed by atoms with Crippen molar-refractivity contribution in [3.63, 3.8) is 0 Å². The summed E-state index contributed by atoms with van der Waals surface area (Å²) in [7, 11) is 1.22. The smallest absolute Gasteiger partial charge is 0.406 e. The number of alkyl halides is 3. The third kappa shape index (κ3) is 6.74. The number of carboxylic acid groups (broad SMARTS) is 1. The fourth-order valence-corrected chi connectivity index (χ4v) is 1.08. The van der Waals surface area contributed by atoms with Crippen LogP contribution in [-0.2, 0) is 14.3 Å². The summed E-state index contributed by atoms with van der Waals surface area (Å²) in [4.78, 5) is 21.9. The minimum Gasteiger partial charge on any atom is -0.480 e. The Morgan fingerprint density at radius 3 is 2.35 bits per heavy atom. The summed E-state index contributed by atoms with van der Waals surface area (Å²) in [6.07, 6.45) is -4.68. The third-order valence-electron chi connectivity index (χ3n) is 1.67. The predicted octanol–water partition coefficient (Wildman–Crippen LogP) is -0.564. The second-order valence-electron chi connectivity index (χ2n) is 3.27. The van der Waals surface area contributed by atoms with Crippen LogP contribution in [0.2, 0.25) is 0 Å². The van der Waals surface area contributed by atoms with Crippen LogP contribution in [0.4, 0.5) is 13.2 Å². The third-order valence-corrected chi connectivity index (χ3v) is 1.67. The predicted molar refractivity (Wildman–Crippen MR) is 50.1 cm³/mol. The van der Waals surface area contributed by atoms with E-state index in [-0.39, 0.29) is 11.5 Å². The molecule has 0 heterocycles. The van der Waals surface area contributed by atoms with Gasteiger partial charge in [0, 0.05) is 7.11 Å². The number of methoxy groups -OCH3 is 1. The van der Waals surface area contributed by atoms with Gasteiger partial charge in [-0.3, -0.25) is 9.59 Å². The molecule has 0 saturated heterocycles. The molecule has 1 atom stereocenters. The van der Waals surface area contributed by atoms with Gasteiger partial charge in [0.25, 0.3) is 0 Å². The molecule has 0 saturated carbocycles. The van der Waals surface area contributed by atoms with Crippen molar-refractivity contribution in [2.45, 2.75) is 12.2 Å². The number of ether oxygens (including phenoxy) is 1. The number of halogens is 3. The first-order chi connectivity index (χ1) is 7.67. The summed E-state index contributed by atoms with van der Waals surface area (Å²) in [6, 6.07) is -1.32. The number of rotatable bonds is 6. The standard InChI is InChI=1S/C8H13F3N2O4/c1-17-3-5(12)7(16)13(2-6(14)15)4-8(9,10)11/h5H,2-4,12H2,1H3,(H,14,15). The largest absolute Gasteiger partial charge is 0.480 e. The highest BCUT2D eigenvalue weighted by molar-refractivity contribution is 5.85. The second kappa shape index (κ2) is 6.40. The summed E-state index contributed by atoms with van der Waals surface area (Å²) in [5.74, 6) is -2.67. The zero-order valence-electron chi connectivity index (χ0n) is 9.03. The van der Waals surface area contributed by atoms with Crippen LogP contribution in [0.3, 0.4) is 0 Å². The van der Waals surface area contributed by atoms with E-state index in [1.165, 1.54) is 7.11 Å². The van der Waals surface area contributed by atoms with Gasteiger partial charge in [-0.15, -0.1) is 0 Å². The maximum atomic E-state index is 12.1. The first-order valence-corrected chi connectivity index (χ1v) is 4.49. The van der Waals surface area contributed by atoms with E-state index >= 15 is 0 Å². The molecule has 0 fully saturated rings. The summed E-state index contributed by atoms with van der Waals surface area (Å²) in [6.45, 7) is -3.00. The van der Waals surface area contributed by atoms with E-state index in [0.29, 0.717) is 0 Å². The molecule has 1 amide bonds. The van der Waals surface area contributed by atoms with Crippen LogP contribution in [0, 0.1) is 0 Å². The van der Waals surface area contributed by atoms with Gasteiger partial charge in [-0.25, -0.2) is 0 Å². The second-order valence-corrected chi connectivity index (χ2v) is 3.27. The summed E-state index contributed by atoms with van der Waals surface area (Å²) in [5.41, 5.74) is 5.25. The fraction of sp³-hybridized carbons (Fsp3) is 0.750. The lowest BCUT2D eigenvalue weighted by Gasteiger charge is -2.24. The fourth-order valence-electron chi connectivity index (χ4n) is 1.08. The molecular weight excluding hydrogens is 245 g/mol. The van der Waals surface area contributed by atoms with E-state index in [2.05, 4.69) is 4.74 Å². The van der Waals surface area contributed by atoms with E-state index in [1.54, 1.807) is 0 Å². The minimum atomic E-state index is -4.68. The van der Waals surface area contributed by atoms with Crippen LogP contribution in [-0.4, -0.2) is 60.9 Å². The van der Waals surface area contributed by atoms with Crippen molar-refractivity contribution in [3.8, 4) is 0 Å². The normalized spacial score (nSPS) is 13.2. The molecule has 0 aromatic heterocycles. The molecule has 1 unspecified atom stereocenters. The Kier molecular flexibility index (Phi) is 5.89. The van der Waals surface area contributed by atoms with Crippen LogP contribution in [0.25, 0.3) is 0 Å². The topological polar surface area (TPSA) is 92.9 Å². The monoisotopic (exact) mass is 258 g/mol. The molecule has 6 nitrogen and oxygen atoms in total. The number of amides is 1. The quantitative estimate of drug-likeness (QED) is 0.666. The highest BCUT2D eigenvalue weighted by atomic mass is 19.4. The molecular formula is C8H13F3N2O4. The molecule has 0 aliphatic carbocycles. The number of carbonyl (C=O) groups excluding carboxylic acids is 1. The van der Waals surface area contributed by atoms with Crippen molar-refractivity contribution in [1.29, 1.82) is 0 Å². The first kappa shape index (κ1) is 15.7. The molecule has 3 N–H and O–H groups in total. The lowest BCUT2D eigenvalue weighted by Crippen LogP contribution is -2.50. The average molecular weight is 258 g/mol. The van der Waals surface area contributed by atoms with Crippen molar-refractivity contribution >= 4 is 11.9 Å². The Labute approximate surface area is 95.1 Å². The summed E-state index contributed by atoms with van der Waals surface area (Å²) >= 11 is 0. The number of hydrogen-bond donors (Lipinski definition) is 2. The van der Waals surface area contributed by atoms with Gasteiger partial charge in [0.2, 0.25) is 5.91 Å². The zero-order valence-corrected chi connectivity index (χ0v) is 9.03. The Balaban J connectivity index is 4.67. The zero-order chi connectivity index (χ0) is 13.6. The maximum Gasteiger partial charge on any atom is 0.406 e. The molecule has 0 aromatic carbocycles. The Hall–Kier alpha value is -1.35. The van der Waals surface area contributed by atoms with Gasteiger partial charge >= 0.3 is 12.1 Å². The Morgan fingerprint density at radius 1 is 1.47 bits per heavy atom. The number of aliphatic carboxylic acids is 1. The molecule has 0 aromatic rings. The Bertz CT molecular complexity index is 282. The van der Waals surface area contributed by atoms with Crippen molar-refractivity contribution in [3.05, 3.63) is 0 Å². The summed E-state index contributed by atoms with van der Waals surface area (Å²) in [5, 5.41) is 8.41. The van der Waals surface area contributed by atoms with E-state index in [1.807, 2.05) is 0 Å². The molecule has 0 bridgehead atoms. The molecule has 0 aliphatic heterocycles. The highest BCUT2D eigenvalue weighted by Gasteiger charge is 2.35. The van der Waals surface area contributed by atoms with E-state index in [9.17, 15) is 22.8 Å². The van der Waals surface area contributed by atoms with Gasteiger partial charge in [-0.2, -0.15) is 13.2 Å². The lowest BCUT2D eigenvalue weighted by atomic mass is 10.2. The molecule has 9 heteroatoms. The van der Waals surface area contributed by atoms with E-state index < -0.39 is 37.2 Å². The SMILES string of the molecule is COCC(N)C(=O)N(CC(=O)O)CC(F)(F)F. The molecule has 0 spiro atoms. The van der Waals surface area contributed by atoms with Crippen LogP contribution in [0.15, 0.2) is 0 Å². The number of nitrogens with zero attached hydrogens (tertiary/aromatic N) is 1. The lowest BCUT2D eigenvalue weighted by molar-refractivity contribution is -0.166. The van der Waals surface area contributed by atoms with Crippen LogP contribution in [0.1, 0.15) is 0 Å². The molecule has 100 valence electrons. The van der Waals surface area contributed by atoms with Crippen molar-refractivity contribution in [2.75, 3.05) is 26.8 Å².